The smallest absolute Gasteiger partial charge is 0.409 e. The van der Waals surface area contributed by atoms with Gasteiger partial charge in [-0.15, -0.1) is 13.2 Å². The lowest BCUT2D eigenvalue weighted by Crippen LogP contribution is -2.11. The second-order valence-electron chi connectivity index (χ2n) is 1.66. The molecule has 1 aliphatic heterocycles. The van der Waals surface area contributed by atoms with Gasteiger partial charge in [0.15, 0.2) is 0 Å². The summed E-state index contributed by atoms with van der Waals surface area (Å²) >= 11 is 0. The van der Waals surface area contributed by atoms with Gasteiger partial charge in [-0.2, -0.15) is 0 Å². The van der Waals surface area contributed by atoms with Crippen LogP contribution in [0.4, 0.5) is 13.2 Å². The number of rotatable bonds is 1. The average molecular weight is 151 g/mol. The van der Waals surface area contributed by atoms with Crippen molar-refractivity contribution >= 4 is 0 Å². The van der Waals surface area contributed by atoms with Crippen LogP contribution in [0, 0.1) is 6.54 Å². The molecule has 1 heterocycles. The fraction of sp³-hybridized carbons (Fsp3) is 0.400. The first-order valence-electron chi connectivity index (χ1n) is 2.51. The van der Waals surface area contributed by atoms with Crippen LogP contribution in [-0.4, -0.2) is 6.36 Å². The molecule has 0 bridgehead atoms. The Bertz CT molecular complexity index is 151. The van der Waals surface area contributed by atoms with Crippen LogP contribution in [0.2, 0.25) is 0 Å². The predicted molar refractivity (Wildman–Crippen MR) is 26.2 cm³/mol. The molecular formula is C5H4F3NO. The molecule has 1 rings (SSSR count). The lowest BCUT2D eigenvalue weighted by Gasteiger charge is -2.07. The highest BCUT2D eigenvalue weighted by molar-refractivity contribution is 5.04. The van der Waals surface area contributed by atoms with Crippen LogP contribution >= 0.6 is 0 Å². The molecule has 0 unspecified atom stereocenters. The van der Waals surface area contributed by atoms with Gasteiger partial charge in [0.05, 0.1) is 6.54 Å². The van der Waals surface area contributed by atoms with Crippen LogP contribution < -0.4 is 5.32 Å². The molecule has 0 amide bonds. The van der Waals surface area contributed by atoms with Crippen LogP contribution in [0.25, 0.3) is 0 Å². The van der Waals surface area contributed by atoms with E-state index in [1.54, 1.807) is 0 Å². The molecule has 2 nitrogen and oxygen atoms in total. The van der Waals surface area contributed by atoms with Gasteiger partial charge in [0, 0.05) is 12.6 Å². The molecule has 0 aliphatic carbocycles. The SMILES string of the molecule is FC(F)(F)OC1=CN[C]C1. The molecule has 0 atom stereocenters. The van der Waals surface area contributed by atoms with E-state index in [-0.39, 0.29) is 12.2 Å². The molecule has 56 valence electrons. The minimum absolute atomic E-state index is 0.0551. The van der Waals surface area contributed by atoms with Gasteiger partial charge in [-0.05, 0) is 0 Å². The molecule has 10 heavy (non-hydrogen) atoms. The topological polar surface area (TPSA) is 21.3 Å². The number of ether oxygens (including phenoxy) is 1. The number of halogens is 3. The van der Waals surface area contributed by atoms with E-state index in [2.05, 4.69) is 16.6 Å². The van der Waals surface area contributed by atoms with Crippen LogP contribution in [0.1, 0.15) is 6.42 Å². The quantitative estimate of drug-likeness (QED) is 0.611. The van der Waals surface area contributed by atoms with Crippen LogP contribution in [-0.2, 0) is 4.74 Å². The van der Waals surface area contributed by atoms with Gasteiger partial charge in [0.2, 0.25) is 0 Å². The number of hydrogen-bond acceptors (Lipinski definition) is 2. The maximum Gasteiger partial charge on any atom is 0.572 e. The maximum absolute atomic E-state index is 11.4. The highest BCUT2D eigenvalue weighted by Gasteiger charge is 2.32. The van der Waals surface area contributed by atoms with E-state index in [0.717, 1.165) is 6.20 Å². The Balaban J connectivity index is 2.38. The van der Waals surface area contributed by atoms with Crippen molar-refractivity contribution in [3.8, 4) is 0 Å². The Hall–Kier alpha value is -0.870. The number of nitrogens with one attached hydrogen (secondary N) is 1. The summed E-state index contributed by atoms with van der Waals surface area (Å²) in [5.74, 6) is -0.160. The van der Waals surface area contributed by atoms with E-state index in [0.29, 0.717) is 0 Å². The minimum Gasteiger partial charge on any atom is -0.409 e. The van der Waals surface area contributed by atoms with E-state index >= 15 is 0 Å². The van der Waals surface area contributed by atoms with Crippen molar-refractivity contribution in [2.75, 3.05) is 0 Å². The fourth-order valence-electron chi connectivity index (χ4n) is 0.535. The summed E-state index contributed by atoms with van der Waals surface area (Å²) in [4.78, 5) is 0. The summed E-state index contributed by atoms with van der Waals surface area (Å²) in [5, 5.41) is 2.36. The Morgan fingerprint density at radius 1 is 1.60 bits per heavy atom. The van der Waals surface area contributed by atoms with E-state index in [1.807, 2.05) is 0 Å². The second-order valence-corrected chi connectivity index (χ2v) is 1.66. The normalized spacial score (nSPS) is 18.1. The van der Waals surface area contributed by atoms with Gasteiger partial charge >= 0.3 is 6.36 Å². The summed E-state index contributed by atoms with van der Waals surface area (Å²) < 4.78 is 37.7. The van der Waals surface area contributed by atoms with Crippen molar-refractivity contribution in [2.24, 2.45) is 0 Å². The first-order valence-corrected chi connectivity index (χ1v) is 2.51. The highest BCUT2D eigenvalue weighted by atomic mass is 19.4. The van der Waals surface area contributed by atoms with E-state index in [1.165, 1.54) is 0 Å². The van der Waals surface area contributed by atoms with Crippen LogP contribution in [0.5, 0.6) is 0 Å². The zero-order valence-corrected chi connectivity index (χ0v) is 4.83. The van der Waals surface area contributed by atoms with Gasteiger partial charge in [-0.1, -0.05) is 0 Å². The molecule has 1 aliphatic rings. The lowest BCUT2D eigenvalue weighted by atomic mass is 10.4. The average Bonchev–Trinajstić information content (AvgIpc) is 2.12. The molecule has 0 saturated carbocycles. The van der Waals surface area contributed by atoms with E-state index < -0.39 is 6.36 Å². The molecule has 1 N–H and O–H groups in total. The summed E-state index contributed by atoms with van der Waals surface area (Å²) in [5.41, 5.74) is 0. The molecule has 0 aromatic rings. The largest absolute Gasteiger partial charge is 0.572 e. The van der Waals surface area contributed by atoms with Gasteiger partial charge in [0.25, 0.3) is 0 Å². The first-order chi connectivity index (χ1) is 4.58. The van der Waals surface area contributed by atoms with Crippen molar-refractivity contribution in [3.63, 3.8) is 0 Å². The summed E-state index contributed by atoms with van der Waals surface area (Å²) in [6, 6.07) is 0. The van der Waals surface area contributed by atoms with E-state index in [9.17, 15) is 13.2 Å². The van der Waals surface area contributed by atoms with Gasteiger partial charge < -0.3 is 10.1 Å². The van der Waals surface area contributed by atoms with Crippen LogP contribution in [0.3, 0.4) is 0 Å². The Kier molecular flexibility index (Phi) is 1.74. The monoisotopic (exact) mass is 151 g/mol. The zero-order valence-electron chi connectivity index (χ0n) is 4.83. The highest BCUT2D eigenvalue weighted by Crippen LogP contribution is 2.23. The van der Waals surface area contributed by atoms with Gasteiger partial charge in [0.1, 0.15) is 5.76 Å². The van der Waals surface area contributed by atoms with E-state index in [4.69, 9.17) is 0 Å². The summed E-state index contributed by atoms with van der Waals surface area (Å²) in [6.07, 6.45) is -3.41. The van der Waals surface area contributed by atoms with Crippen molar-refractivity contribution in [1.82, 2.24) is 5.32 Å². The third-order valence-electron chi connectivity index (χ3n) is 0.845. The molecule has 0 aromatic carbocycles. The maximum atomic E-state index is 11.4. The Morgan fingerprint density at radius 2 is 2.30 bits per heavy atom. The van der Waals surface area contributed by atoms with Crippen molar-refractivity contribution in [1.29, 1.82) is 0 Å². The third-order valence-corrected chi connectivity index (χ3v) is 0.845. The lowest BCUT2D eigenvalue weighted by molar-refractivity contribution is -0.305. The standard InChI is InChI=1S/C5H4F3NO/c6-5(7,8)10-4-1-2-9-3-4/h3,9H,1H2. The van der Waals surface area contributed by atoms with Crippen molar-refractivity contribution in [3.05, 3.63) is 18.5 Å². The fourth-order valence-corrected chi connectivity index (χ4v) is 0.535. The van der Waals surface area contributed by atoms with Crippen molar-refractivity contribution in [2.45, 2.75) is 12.8 Å². The Morgan fingerprint density at radius 3 is 2.70 bits per heavy atom. The Labute approximate surface area is 55.7 Å². The molecule has 2 radical (unpaired) electrons. The molecule has 0 saturated heterocycles. The summed E-state index contributed by atoms with van der Waals surface area (Å²) in [6.45, 7) is 2.43. The summed E-state index contributed by atoms with van der Waals surface area (Å²) in [7, 11) is 0. The molecule has 5 heteroatoms. The van der Waals surface area contributed by atoms with Gasteiger partial charge in [-0.25, -0.2) is 0 Å². The molecule has 0 aromatic heterocycles. The van der Waals surface area contributed by atoms with Gasteiger partial charge in [-0.3, -0.25) is 0 Å². The zero-order chi connectivity index (χ0) is 7.61. The molecular weight excluding hydrogens is 147 g/mol. The first kappa shape index (κ1) is 7.24. The molecule has 0 fully saturated rings. The second kappa shape index (κ2) is 2.40. The molecule has 0 spiro atoms. The van der Waals surface area contributed by atoms with Crippen molar-refractivity contribution < 1.29 is 17.9 Å². The number of hydrogen-bond donors (Lipinski definition) is 1. The van der Waals surface area contributed by atoms with Crippen LogP contribution in [0.15, 0.2) is 12.0 Å². The predicted octanol–water partition coefficient (Wildman–Crippen LogP) is 1.40. The third kappa shape index (κ3) is 2.16. The minimum atomic E-state index is -4.58. The number of alkyl halides is 3.